The molecule has 21 heavy (non-hydrogen) atoms. The van der Waals surface area contributed by atoms with Crippen LogP contribution in [0.25, 0.3) is 10.2 Å². The zero-order valence-electron chi connectivity index (χ0n) is 11.8. The molecule has 1 atom stereocenters. The van der Waals surface area contributed by atoms with Crippen LogP contribution in [0.15, 0.2) is 28.4 Å². The molecule has 0 bridgehead atoms. The Morgan fingerprint density at radius 1 is 1.52 bits per heavy atom. The molecule has 6 heteroatoms. The molecule has 5 nitrogen and oxygen atoms in total. The Morgan fingerprint density at radius 3 is 3.14 bits per heavy atom. The van der Waals surface area contributed by atoms with E-state index in [0.717, 1.165) is 19.3 Å². The van der Waals surface area contributed by atoms with Gasteiger partial charge in [0.15, 0.2) is 0 Å². The second-order valence-electron chi connectivity index (χ2n) is 5.32. The predicted octanol–water partition coefficient (Wildman–Crippen LogP) is 2.30. The van der Waals surface area contributed by atoms with Gasteiger partial charge in [-0.3, -0.25) is 9.59 Å². The van der Waals surface area contributed by atoms with Gasteiger partial charge in [-0.1, -0.05) is 12.2 Å². The van der Waals surface area contributed by atoms with Gasteiger partial charge in [-0.05, 0) is 30.7 Å². The number of nitrogens with zero attached hydrogens (tertiary/aromatic N) is 2. The van der Waals surface area contributed by atoms with Gasteiger partial charge in [0, 0.05) is 13.0 Å². The molecule has 0 fully saturated rings. The number of rotatable bonds is 3. The maximum Gasteiger partial charge on any atom is 0.268 e. The van der Waals surface area contributed by atoms with Gasteiger partial charge in [-0.2, -0.15) is 0 Å². The topological polar surface area (TPSA) is 66.1 Å². The number of nitrogens with one attached hydrogen (secondary N) is 1. The Bertz CT molecular complexity index is 747. The molecule has 1 aliphatic carbocycles. The Morgan fingerprint density at radius 2 is 2.38 bits per heavy atom. The summed E-state index contributed by atoms with van der Waals surface area (Å²) in [4.78, 5) is 33.1. The molecule has 0 aromatic carbocycles. The lowest BCUT2D eigenvalue weighted by Gasteiger charge is -2.24. The highest BCUT2D eigenvalue weighted by atomic mass is 32.1. The minimum absolute atomic E-state index is 0.0524. The van der Waals surface area contributed by atoms with Gasteiger partial charge in [0.05, 0.1) is 12.1 Å². The number of hydrogen-bond donors (Lipinski definition) is 1. The highest BCUT2D eigenvalue weighted by Crippen LogP contribution is 2.21. The lowest BCUT2D eigenvalue weighted by molar-refractivity contribution is -0.135. The van der Waals surface area contributed by atoms with Crippen molar-refractivity contribution in [1.82, 2.24) is 14.9 Å². The second-order valence-corrected chi connectivity index (χ2v) is 6.24. The Hall–Kier alpha value is -1.95. The molecular formula is C15H17N3O2S. The van der Waals surface area contributed by atoms with Crippen LogP contribution in [0.3, 0.4) is 0 Å². The number of aromatic amines is 1. The predicted molar refractivity (Wildman–Crippen MR) is 83.2 cm³/mol. The zero-order chi connectivity index (χ0) is 14.8. The minimum Gasteiger partial charge on any atom is -0.338 e. The number of carbonyl (C=O) groups is 1. The first-order valence-electron chi connectivity index (χ1n) is 7.01. The fraction of sp³-hybridized carbons (Fsp3) is 0.400. The number of hydrogen-bond acceptors (Lipinski definition) is 4. The monoisotopic (exact) mass is 303 g/mol. The minimum atomic E-state index is -0.133. The van der Waals surface area contributed by atoms with Gasteiger partial charge in [0.25, 0.3) is 5.56 Å². The van der Waals surface area contributed by atoms with E-state index in [-0.39, 0.29) is 17.4 Å². The number of allylic oxidation sites excluding steroid dienone is 2. The van der Waals surface area contributed by atoms with Gasteiger partial charge in [-0.25, -0.2) is 4.98 Å². The van der Waals surface area contributed by atoms with E-state index in [1.165, 1.54) is 11.3 Å². The van der Waals surface area contributed by atoms with Crippen LogP contribution in [0.2, 0.25) is 0 Å². The van der Waals surface area contributed by atoms with Gasteiger partial charge in [0.1, 0.15) is 10.5 Å². The van der Waals surface area contributed by atoms with E-state index in [2.05, 4.69) is 22.1 Å². The molecule has 1 aliphatic rings. The van der Waals surface area contributed by atoms with E-state index >= 15 is 0 Å². The van der Waals surface area contributed by atoms with Crippen molar-refractivity contribution in [3.05, 3.63) is 39.8 Å². The first-order chi connectivity index (χ1) is 10.1. The largest absolute Gasteiger partial charge is 0.338 e. The number of amides is 1. The number of carbonyl (C=O) groups excluding carboxylic acids is 1. The molecule has 0 spiro atoms. The quantitative estimate of drug-likeness (QED) is 0.885. The van der Waals surface area contributed by atoms with Gasteiger partial charge in [0.2, 0.25) is 5.91 Å². The summed E-state index contributed by atoms with van der Waals surface area (Å²) in [6.07, 6.45) is 6.84. The van der Waals surface area contributed by atoms with Gasteiger partial charge >= 0.3 is 0 Å². The molecule has 2 aromatic heterocycles. The molecule has 3 rings (SSSR count). The number of H-pyrrole nitrogens is 1. The Labute approximate surface area is 126 Å². The average Bonchev–Trinajstić information content (AvgIpc) is 2.96. The summed E-state index contributed by atoms with van der Waals surface area (Å²) in [5.41, 5.74) is 0.562. The third-order valence-electron chi connectivity index (χ3n) is 3.75. The van der Waals surface area contributed by atoms with E-state index < -0.39 is 0 Å². The molecule has 2 aromatic rings. The summed E-state index contributed by atoms with van der Waals surface area (Å²) < 4.78 is 0.630. The summed E-state index contributed by atoms with van der Waals surface area (Å²) in [7, 11) is 1.76. The van der Waals surface area contributed by atoms with E-state index in [1.54, 1.807) is 11.9 Å². The SMILES string of the molecule is CN(Cc1nc2ccsc2c(=O)[nH]1)C(=O)C1CC=CCC1. The van der Waals surface area contributed by atoms with Crippen molar-refractivity contribution < 1.29 is 4.79 Å². The smallest absolute Gasteiger partial charge is 0.268 e. The normalized spacial score (nSPS) is 18.0. The molecule has 1 unspecified atom stereocenters. The summed E-state index contributed by atoms with van der Waals surface area (Å²) in [5.74, 6) is 0.706. The molecule has 0 saturated carbocycles. The van der Waals surface area contributed by atoms with Crippen molar-refractivity contribution in [2.24, 2.45) is 5.92 Å². The average molecular weight is 303 g/mol. The highest BCUT2D eigenvalue weighted by molar-refractivity contribution is 7.17. The summed E-state index contributed by atoms with van der Waals surface area (Å²) in [5, 5.41) is 1.85. The van der Waals surface area contributed by atoms with Crippen LogP contribution < -0.4 is 5.56 Å². The second kappa shape index (κ2) is 5.81. The fourth-order valence-electron chi connectivity index (χ4n) is 2.63. The molecule has 0 radical (unpaired) electrons. The van der Waals surface area contributed by atoms with Crippen molar-refractivity contribution in [3.8, 4) is 0 Å². The van der Waals surface area contributed by atoms with Crippen LogP contribution in [-0.4, -0.2) is 27.8 Å². The zero-order valence-corrected chi connectivity index (χ0v) is 12.7. The van der Waals surface area contributed by atoms with Crippen molar-refractivity contribution >= 4 is 27.5 Å². The molecule has 1 amide bonds. The van der Waals surface area contributed by atoms with Crippen LogP contribution in [-0.2, 0) is 11.3 Å². The van der Waals surface area contributed by atoms with Crippen LogP contribution in [0.1, 0.15) is 25.1 Å². The number of fused-ring (bicyclic) bond motifs is 1. The van der Waals surface area contributed by atoms with Crippen LogP contribution >= 0.6 is 11.3 Å². The van der Waals surface area contributed by atoms with Crippen molar-refractivity contribution in [1.29, 1.82) is 0 Å². The van der Waals surface area contributed by atoms with Crippen molar-refractivity contribution in [3.63, 3.8) is 0 Å². The molecule has 0 saturated heterocycles. The summed E-state index contributed by atoms with van der Waals surface area (Å²) in [6.45, 7) is 0.333. The van der Waals surface area contributed by atoms with Gasteiger partial charge in [-0.15, -0.1) is 11.3 Å². The third kappa shape index (κ3) is 2.90. The number of aromatic nitrogens is 2. The van der Waals surface area contributed by atoms with Crippen molar-refractivity contribution in [2.75, 3.05) is 7.05 Å². The van der Waals surface area contributed by atoms with Crippen LogP contribution in [0, 0.1) is 5.92 Å². The Kier molecular flexibility index (Phi) is 3.88. The Balaban J connectivity index is 1.76. The summed E-state index contributed by atoms with van der Waals surface area (Å²) in [6, 6.07) is 1.83. The number of thiophene rings is 1. The molecule has 1 N–H and O–H groups in total. The molecule has 0 aliphatic heterocycles. The lowest BCUT2D eigenvalue weighted by atomic mass is 9.93. The van der Waals surface area contributed by atoms with E-state index in [4.69, 9.17) is 0 Å². The molecule has 110 valence electrons. The maximum atomic E-state index is 12.4. The lowest BCUT2D eigenvalue weighted by Crippen LogP contribution is -2.34. The fourth-order valence-corrected chi connectivity index (χ4v) is 3.35. The molecule has 2 heterocycles. The van der Waals surface area contributed by atoms with Crippen LogP contribution in [0.5, 0.6) is 0 Å². The first kappa shape index (κ1) is 14.0. The summed E-state index contributed by atoms with van der Waals surface area (Å²) >= 11 is 1.38. The van der Waals surface area contributed by atoms with E-state index in [1.807, 2.05) is 11.4 Å². The van der Waals surface area contributed by atoms with E-state index in [0.29, 0.717) is 22.6 Å². The third-order valence-corrected chi connectivity index (χ3v) is 4.65. The van der Waals surface area contributed by atoms with Gasteiger partial charge < -0.3 is 9.88 Å². The molecular weight excluding hydrogens is 286 g/mol. The first-order valence-corrected chi connectivity index (χ1v) is 7.89. The van der Waals surface area contributed by atoms with E-state index in [9.17, 15) is 9.59 Å². The van der Waals surface area contributed by atoms with Crippen LogP contribution in [0.4, 0.5) is 0 Å². The standard InChI is InChI=1S/C15H17N3O2S/c1-18(15(20)10-5-3-2-4-6-10)9-12-16-11-7-8-21-13(11)14(19)17-12/h2-3,7-8,10H,4-6,9H2,1H3,(H,16,17,19). The maximum absolute atomic E-state index is 12.4. The van der Waals surface area contributed by atoms with Crippen molar-refractivity contribution in [2.45, 2.75) is 25.8 Å². The highest BCUT2D eigenvalue weighted by Gasteiger charge is 2.22.